The summed E-state index contributed by atoms with van der Waals surface area (Å²) in [6.45, 7) is 10.2. The van der Waals surface area contributed by atoms with Crippen molar-refractivity contribution in [2.24, 2.45) is 5.92 Å². The zero-order valence-electron chi connectivity index (χ0n) is 17.0. The predicted molar refractivity (Wildman–Crippen MR) is 102 cm³/mol. The van der Waals surface area contributed by atoms with E-state index in [1.54, 1.807) is 13.8 Å². The number of ether oxygens (including phenoxy) is 2. The molecule has 0 aromatic rings. The molecule has 0 heterocycles. The second-order valence-electron chi connectivity index (χ2n) is 6.71. The van der Waals surface area contributed by atoms with Crippen molar-refractivity contribution in [1.82, 2.24) is 0 Å². The fourth-order valence-electron chi connectivity index (χ4n) is 2.92. The average Bonchev–Trinajstić information content (AvgIpc) is 2.56. The molecule has 25 heavy (non-hydrogen) atoms. The third-order valence-electron chi connectivity index (χ3n) is 4.20. The van der Waals surface area contributed by atoms with Crippen LogP contribution in [0.2, 0.25) is 0 Å². The van der Waals surface area contributed by atoms with Gasteiger partial charge >= 0.3 is 11.9 Å². The molecule has 0 amide bonds. The molecule has 0 rings (SSSR count). The van der Waals surface area contributed by atoms with E-state index in [9.17, 15) is 9.59 Å². The van der Waals surface area contributed by atoms with Crippen LogP contribution >= 0.6 is 0 Å². The summed E-state index contributed by atoms with van der Waals surface area (Å²) in [6.07, 6.45) is 10.1. The number of carbonyl (C=O) groups is 2. The zero-order chi connectivity index (χ0) is 19.1. The molecule has 0 atom stereocenters. The molecule has 0 fully saturated rings. The minimum atomic E-state index is -0.389. The van der Waals surface area contributed by atoms with Gasteiger partial charge in [0.15, 0.2) is 0 Å². The predicted octanol–water partition coefficient (Wildman–Crippen LogP) is 5.60. The zero-order valence-corrected chi connectivity index (χ0v) is 17.0. The molecule has 0 aliphatic carbocycles. The van der Waals surface area contributed by atoms with Crippen LogP contribution in [0.25, 0.3) is 0 Å². The molecule has 0 aliphatic heterocycles. The summed E-state index contributed by atoms with van der Waals surface area (Å²) in [4.78, 5) is 24.6. The van der Waals surface area contributed by atoms with E-state index >= 15 is 0 Å². The highest BCUT2D eigenvalue weighted by atomic mass is 16.5. The largest absolute Gasteiger partial charge is 0.463 e. The SMILES string of the molecule is CCCCCCCCCC/C(C(=O)OCC)=C(/C(=O)OCC)C(C)C. The van der Waals surface area contributed by atoms with Gasteiger partial charge in [0.2, 0.25) is 0 Å². The van der Waals surface area contributed by atoms with Gasteiger partial charge in [0.05, 0.1) is 18.8 Å². The summed E-state index contributed by atoms with van der Waals surface area (Å²) in [6, 6.07) is 0. The number of esters is 2. The van der Waals surface area contributed by atoms with E-state index in [0.717, 1.165) is 12.8 Å². The molecule has 0 spiro atoms. The summed E-state index contributed by atoms with van der Waals surface area (Å²) in [7, 11) is 0. The van der Waals surface area contributed by atoms with Crippen molar-refractivity contribution < 1.29 is 19.1 Å². The first kappa shape index (κ1) is 23.7. The van der Waals surface area contributed by atoms with Crippen LogP contribution in [-0.2, 0) is 19.1 Å². The highest BCUT2D eigenvalue weighted by Crippen LogP contribution is 2.23. The third kappa shape index (κ3) is 10.3. The normalized spacial score (nSPS) is 12.1. The van der Waals surface area contributed by atoms with Crippen molar-refractivity contribution in [3.05, 3.63) is 11.1 Å². The van der Waals surface area contributed by atoms with E-state index in [2.05, 4.69) is 6.92 Å². The Morgan fingerprint density at radius 2 is 1.20 bits per heavy atom. The Bertz CT molecular complexity index is 410. The minimum Gasteiger partial charge on any atom is -0.463 e. The quantitative estimate of drug-likeness (QED) is 0.231. The van der Waals surface area contributed by atoms with Crippen molar-refractivity contribution in [2.45, 2.75) is 92.4 Å². The first-order valence-electron chi connectivity index (χ1n) is 10.1. The molecule has 0 saturated heterocycles. The monoisotopic (exact) mass is 354 g/mol. The van der Waals surface area contributed by atoms with Gasteiger partial charge in [0.25, 0.3) is 0 Å². The van der Waals surface area contributed by atoms with Crippen LogP contribution in [0.1, 0.15) is 92.4 Å². The molecule has 4 nitrogen and oxygen atoms in total. The number of carbonyl (C=O) groups excluding carboxylic acids is 2. The van der Waals surface area contributed by atoms with Gasteiger partial charge in [-0.3, -0.25) is 0 Å². The van der Waals surface area contributed by atoms with Gasteiger partial charge in [-0.2, -0.15) is 0 Å². The molecule has 0 aromatic carbocycles. The van der Waals surface area contributed by atoms with Crippen molar-refractivity contribution in [1.29, 1.82) is 0 Å². The second-order valence-corrected chi connectivity index (χ2v) is 6.71. The first-order chi connectivity index (χ1) is 12.0. The van der Waals surface area contributed by atoms with Gasteiger partial charge in [-0.15, -0.1) is 0 Å². The number of unbranched alkanes of at least 4 members (excludes halogenated alkanes) is 7. The molecule has 0 radical (unpaired) electrons. The fourth-order valence-corrected chi connectivity index (χ4v) is 2.92. The van der Waals surface area contributed by atoms with Crippen molar-refractivity contribution >= 4 is 11.9 Å². The molecule has 0 aliphatic rings. The number of hydrogen-bond donors (Lipinski definition) is 0. The second kappa shape index (κ2) is 15.0. The molecule has 0 bridgehead atoms. The van der Waals surface area contributed by atoms with E-state index in [4.69, 9.17) is 9.47 Å². The lowest BCUT2D eigenvalue weighted by atomic mass is 9.93. The van der Waals surface area contributed by atoms with Gasteiger partial charge in [-0.25, -0.2) is 9.59 Å². The molecular weight excluding hydrogens is 316 g/mol. The van der Waals surface area contributed by atoms with Gasteiger partial charge in [0, 0.05) is 5.57 Å². The lowest BCUT2D eigenvalue weighted by Crippen LogP contribution is -2.20. The van der Waals surface area contributed by atoms with Crippen LogP contribution in [0.15, 0.2) is 11.1 Å². The molecule has 0 aromatic heterocycles. The first-order valence-corrected chi connectivity index (χ1v) is 10.1. The maximum atomic E-state index is 12.3. The van der Waals surface area contributed by atoms with E-state index < -0.39 is 0 Å². The maximum absolute atomic E-state index is 12.3. The van der Waals surface area contributed by atoms with Crippen LogP contribution in [0.5, 0.6) is 0 Å². The van der Waals surface area contributed by atoms with E-state index in [-0.39, 0.29) is 17.9 Å². The Morgan fingerprint density at radius 3 is 1.68 bits per heavy atom. The lowest BCUT2D eigenvalue weighted by Gasteiger charge is -2.16. The lowest BCUT2D eigenvalue weighted by molar-refractivity contribution is -0.142. The Morgan fingerprint density at radius 1 is 0.720 bits per heavy atom. The minimum absolute atomic E-state index is 0.0625. The molecule has 0 unspecified atom stereocenters. The van der Waals surface area contributed by atoms with Gasteiger partial charge < -0.3 is 9.47 Å². The molecule has 0 N–H and O–H groups in total. The van der Waals surface area contributed by atoms with Crippen LogP contribution in [0.4, 0.5) is 0 Å². The van der Waals surface area contributed by atoms with Crippen LogP contribution in [0.3, 0.4) is 0 Å². The van der Waals surface area contributed by atoms with Crippen molar-refractivity contribution in [2.75, 3.05) is 13.2 Å². The maximum Gasteiger partial charge on any atom is 0.334 e. The molecule has 4 heteroatoms. The van der Waals surface area contributed by atoms with Crippen LogP contribution in [0, 0.1) is 5.92 Å². The van der Waals surface area contributed by atoms with Gasteiger partial charge in [0.1, 0.15) is 0 Å². The average molecular weight is 355 g/mol. The standard InChI is InChI=1S/C21H38O4/c1-6-9-10-11-12-13-14-15-16-18(20(22)24-7-2)19(17(4)5)21(23)25-8-3/h17H,6-16H2,1-5H3/b19-18-. The Kier molecular flexibility index (Phi) is 14.2. The highest BCUT2D eigenvalue weighted by Gasteiger charge is 2.25. The molecule has 0 saturated carbocycles. The Labute approximate surface area is 154 Å². The van der Waals surface area contributed by atoms with Gasteiger partial charge in [-0.05, 0) is 32.6 Å². The third-order valence-corrected chi connectivity index (χ3v) is 4.20. The van der Waals surface area contributed by atoms with E-state index in [0.29, 0.717) is 30.8 Å². The van der Waals surface area contributed by atoms with Crippen molar-refractivity contribution in [3.8, 4) is 0 Å². The molecule has 146 valence electrons. The van der Waals surface area contributed by atoms with E-state index in [1.807, 2.05) is 13.8 Å². The molecular formula is C21H38O4. The van der Waals surface area contributed by atoms with Crippen LogP contribution in [-0.4, -0.2) is 25.2 Å². The van der Waals surface area contributed by atoms with E-state index in [1.165, 1.54) is 38.5 Å². The fraction of sp³-hybridized carbons (Fsp3) is 0.810. The summed E-state index contributed by atoms with van der Waals surface area (Å²) < 4.78 is 10.3. The number of hydrogen-bond acceptors (Lipinski definition) is 4. The van der Waals surface area contributed by atoms with Crippen molar-refractivity contribution in [3.63, 3.8) is 0 Å². The summed E-state index contributed by atoms with van der Waals surface area (Å²) in [5.74, 6) is -0.824. The Hall–Kier alpha value is -1.32. The van der Waals surface area contributed by atoms with Crippen LogP contribution < -0.4 is 0 Å². The van der Waals surface area contributed by atoms with Gasteiger partial charge in [-0.1, -0.05) is 65.7 Å². The highest BCUT2D eigenvalue weighted by molar-refractivity contribution is 6.00. The smallest absolute Gasteiger partial charge is 0.334 e. The summed E-state index contributed by atoms with van der Waals surface area (Å²) >= 11 is 0. The Balaban J connectivity index is 4.78. The number of rotatable bonds is 14. The topological polar surface area (TPSA) is 52.6 Å². The summed E-state index contributed by atoms with van der Waals surface area (Å²) in [5.41, 5.74) is 0.976. The summed E-state index contributed by atoms with van der Waals surface area (Å²) in [5, 5.41) is 0.